The van der Waals surface area contributed by atoms with Crippen LogP contribution in [0.5, 0.6) is 11.5 Å². The third kappa shape index (κ3) is 4.79. The van der Waals surface area contributed by atoms with Crippen molar-refractivity contribution in [1.29, 1.82) is 0 Å². The molecule has 0 aliphatic carbocycles. The van der Waals surface area contributed by atoms with E-state index in [-0.39, 0.29) is 11.1 Å². The summed E-state index contributed by atoms with van der Waals surface area (Å²) >= 11 is 4.45. The van der Waals surface area contributed by atoms with E-state index in [0.717, 1.165) is 41.1 Å². The monoisotopic (exact) mass is 427 g/mol. The second-order valence-electron chi connectivity index (χ2n) is 5.51. The summed E-state index contributed by atoms with van der Waals surface area (Å²) in [5.41, 5.74) is 0.770. The number of hydrogen-bond donors (Lipinski definition) is 0. The number of amides is 2. The van der Waals surface area contributed by atoms with Gasteiger partial charge in [-0.15, -0.1) is 0 Å². The van der Waals surface area contributed by atoms with Gasteiger partial charge in [-0.3, -0.25) is 14.5 Å². The normalized spacial score (nSPS) is 16.0. The Morgan fingerprint density at radius 3 is 2.64 bits per heavy atom. The molecule has 0 unspecified atom stereocenters. The lowest BCUT2D eigenvalue weighted by molar-refractivity contribution is -0.122. The lowest BCUT2D eigenvalue weighted by Crippen LogP contribution is -2.29. The molecule has 2 rings (SSSR count). The Morgan fingerprint density at radius 2 is 2.00 bits per heavy atom. The molecule has 25 heavy (non-hydrogen) atoms. The molecule has 1 aliphatic rings. The molecule has 0 radical (unpaired) electrons. The summed E-state index contributed by atoms with van der Waals surface area (Å²) < 4.78 is 11.7. The van der Waals surface area contributed by atoms with Crippen molar-refractivity contribution in [3.8, 4) is 11.5 Å². The Kier molecular flexibility index (Phi) is 7.38. The van der Waals surface area contributed by atoms with Crippen LogP contribution in [0.3, 0.4) is 0 Å². The maximum Gasteiger partial charge on any atom is 0.293 e. The maximum absolute atomic E-state index is 12.5. The van der Waals surface area contributed by atoms with Crippen molar-refractivity contribution in [1.82, 2.24) is 4.90 Å². The predicted molar refractivity (Wildman–Crippen MR) is 104 cm³/mol. The second-order valence-corrected chi connectivity index (χ2v) is 7.36. The van der Waals surface area contributed by atoms with E-state index in [0.29, 0.717) is 29.6 Å². The number of hydrogen-bond acceptors (Lipinski definition) is 5. The molecule has 1 aliphatic heterocycles. The molecule has 0 N–H and O–H groups in total. The van der Waals surface area contributed by atoms with Crippen LogP contribution in [0.4, 0.5) is 4.79 Å². The first-order valence-corrected chi connectivity index (χ1v) is 9.88. The number of carbonyl (C=O) groups excluding carboxylic acids is 2. The molecule has 0 aromatic heterocycles. The molecule has 0 saturated carbocycles. The Labute approximate surface area is 160 Å². The largest absolute Gasteiger partial charge is 0.493 e. The highest BCUT2D eigenvalue weighted by Gasteiger charge is 2.34. The predicted octanol–water partition coefficient (Wildman–Crippen LogP) is 5.08. The fourth-order valence-corrected chi connectivity index (χ4v) is 3.91. The second kappa shape index (κ2) is 9.29. The highest BCUT2D eigenvalue weighted by Crippen LogP contribution is 2.39. The number of thioether (sulfide) groups is 1. The number of rotatable bonds is 8. The van der Waals surface area contributed by atoms with E-state index in [1.54, 1.807) is 19.3 Å². The Morgan fingerprint density at radius 1 is 1.24 bits per heavy atom. The molecule has 1 aromatic carbocycles. The standard InChI is InChI=1S/C18H22BrNO4S/c1-4-6-7-8-20-17(21)15(25-18(20)22)11-12-9-13(19)16(24-5-2)14(10-12)23-3/h9-11H,4-8H2,1-3H3/b15-11-. The van der Waals surface area contributed by atoms with E-state index in [1.165, 1.54) is 4.90 Å². The van der Waals surface area contributed by atoms with Crippen LogP contribution in [0.15, 0.2) is 21.5 Å². The summed E-state index contributed by atoms with van der Waals surface area (Å²) in [5.74, 6) is 0.967. The lowest BCUT2D eigenvalue weighted by Gasteiger charge is -2.12. The summed E-state index contributed by atoms with van der Waals surface area (Å²) in [7, 11) is 1.57. The zero-order valence-corrected chi connectivity index (χ0v) is 17.0. The van der Waals surface area contributed by atoms with Crippen molar-refractivity contribution in [2.45, 2.75) is 33.1 Å². The van der Waals surface area contributed by atoms with Gasteiger partial charge in [0.1, 0.15) is 0 Å². The molecule has 1 aromatic rings. The van der Waals surface area contributed by atoms with Crippen molar-refractivity contribution in [2.24, 2.45) is 0 Å². The van der Waals surface area contributed by atoms with Gasteiger partial charge in [-0.25, -0.2) is 0 Å². The van der Waals surface area contributed by atoms with Crippen molar-refractivity contribution >= 4 is 44.9 Å². The first-order chi connectivity index (χ1) is 12.0. The molecule has 1 fully saturated rings. The van der Waals surface area contributed by atoms with Crippen molar-refractivity contribution in [3.05, 3.63) is 27.1 Å². The molecule has 0 bridgehead atoms. The number of benzene rings is 1. The molecular formula is C18H22BrNO4S. The van der Waals surface area contributed by atoms with Gasteiger partial charge in [-0.05, 0) is 64.8 Å². The van der Waals surface area contributed by atoms with Crippen molar-refractivity contribution in [3.63, 3.8) is 0 Å². The van der Waals surface area contributed by atoms with E-state index in [4.69, 9.17) is 9.47 Å². The smallest absolute Gasteiger partial charge is 0.293 e. The molecule has 0 spiro atoms. The first-order valence-electron chi connectivity index (χ1n) is 8.27. The maximum atomic E-state index is 12.5. The van der Waals surface area contributed by atoms with Gasteiger partial charge >= 0.3 is 0 Å². The number of halogens is 1. The van der Waals surface area contributed by atoms with Gasteiger partial charge < -0.3 is 9.47 Å². The SMILES string of the molecule is CCCCCN1C(=O)S/C(=C\c2cc(Br)c(OCC)c(OC)c2)C1=O. The van der Waals surface area contributed by atoms with Crippen LogP contribution in [-0.2, 0) is 4.79 Å². The van der Waals surface area contributed by atoms with E-state index in [9.17, 15) is 9.59 Å². The van der Waals surface area contributed by atoms with Gasteiger partial charge in [0.15, 0.2) is 11.5 Å². The minimum atomic E-state index is -0.227. The highest BCUT2D eigenvalue weighted by atomic mass is 79.9. The highest BCUT2D eigenvalue weighted by molar-refractivity contribution is 9.10. The number of nitrogens with zero attached hydrogens (tertiary/aromatic N) is 1. The zero-order chi connectivity index (χ0) is 18.4. The molecule has 1 saturated heterocycles. The van der Waals surface area contributed by atoms with Gasteiger partial charge in [0.25, 0.3) is 11.1 Å². The minimum Gasteiger partial charge on any atom is -0.493 e. The fraction of sp³-hybridized carbons (Fsp3) is 0.444. The van der Waals surface area contributed by atoms with E-state index in [2.05, 4.69) is 22.9 Å². The quantitative estimate of drug-likeness (QED) is 0.427. The summed E-state index contributed by atoms with van der Waals surface area (Å²) in [6, 6.07) is 3.64. The summed E-state index contributed by atoms with van der Waals surface area (Å²) in [6.45, 7) is 4.98. The summed E-state index contributed by atoms with van der Waals surface area (Å²) in [5, 5.41) is -0.204. The van der Waals surface area contributed by atoms with Gasteiger partial charge in [0.05, 0.1) is 23.1 Å². The van der Waals surface area contributed by atoms with Crippen molar-refractivity contribution in [2.75, 3.05) is 20.3 Å². The number of imide groups is 1. The Balaban J connectivity index is 2.24. The minimum absolute atomic E-state index is 0.204. The first kappa shape index (κ1) is 19.8. The molecule has 0 atom stereocenters. The van der Waals surface area contributed by atoms with Crippen LogP contribution in [0, 0.1) is 0 Å². The third-order valence-corrected chi connectivity index (χ3v) is 5.19. The van der Waals surface area contributed by atoms with Gasteiger partial charge in [0.2, 0.25) is 0 Å². The van der Waals surface area contributed by atoms with Crippen LogP contribution in [-0.4, -0.2) is 36.3 Å². The third-order valence-electron chi connectivity index (χ3n) is 3.70. The summed E-state index contributed by atoms with van der Waals surface area (Å²) in [6.07, 6.45) is 4.61. The molecule has 5 nitrogen and oxygen atoms in total. The van der Waals surface area contributed by atoms with Gasteiger partial charge in [0, 0.05) is 6.54 Å². The van der Waals surface area contributed by atoms with Gasteiger partial charge in [-0.2, -0.15) is 0 Å². The van der Waals surface area contributed by atoms with Crippen LogP contribution in [0.1, 0.15) is 38.7 Å². The molecule has 2 amide bonds. The van der Waals surface area contributed by atoms with E-state index < -0.39 is 0 Å². The van der Waals surface area contributed by atoms with E-state index in [1.807, 2.05) is 13.0 Å². The van der Waals surface area contributed by atoms with Crippen LogP contribution in [0.2, 0.25) is 0 Å². The number of methoxy groups -OCH3 is 1. The average molecular weight is 428 g/mol. The van der Waals surface area contributed by atoms with Crippen molar-refractivity contribution < 1.29 is 19.1 Å². The van der Waals surface area contributed by atoms with Gasteiger partial charge in [-0.1, -0.05) is 19.8 Å². The van der Waals surface area contributed by atoms with Crippen LogP contribution >= 0.6 is 27.7 Å². The zero-order valence-electron chi connectivity index (χ0n) is 14.6. The molecular weight excluding hydrogens is 406 g/mol. The summed E-state index contributed by atoms with van der Waals surface area (Å²) in [4.78, 5) is 26.3. The Hall–Kier alpha value is -1.47. The Bertz CT molecular complexity index is 690. The lowest BCUT2D eigenvalue weighted by atomic mass is 10.1. The molecule has 1 heterocycles. The number of unbranched alkanes of at least 4 members (excludes halogenated alkanes) is 2. The average Bonchev–Trinajstić information content (AvgIpc) is 2.84. The topological polar surface area (TPSA) is 55.8 Å². The fourth-order valence-electron chi connectivity index (χ4n) is 2.47. The molecule has 7 heteroatoms. The van der Waals surface area contributed by atoms with E-state index >= 15 is 0 Å². The van der Waals surface area contributed by atoms with Crippen LogP contribution in [0.25, 0.3) is 6.08 Å². The number of carbonyl (C=O) groups is 2. The number of ether oxygens (including phenoxy) is 2. The van der Waals surface area contributed by atoms with Crippen LogP contribution < -0.4 is 9.47 Å². The molecule has 136 valence electrons.